The molecule has 130 valence electrons. The lowest BCUT2D eigenvalue weighted by molar-refractivity contribution is -0.0971. The van der Waals surface area contributed by atoms with E-state index in [0.29, 0.717) is 0 Å². The van der Waals surface area contributed by atoms with Crippen molar-refractivity contribution in [2.75, 3.05) is 33.4 Å². The number of aryl methyl sites for hydroxylation is 2. The molecule has 3 rings (SSSR count). The van der Waals surface area contributed by atoms with Gasteiger partial charge in [0.05, 0.1) is 24.2 Å². The molecule has 1 aromatic carbocycles. The van der Waals surface area contributed by atoms with Gasteiger partial charge in [-0.05, 0) is 25.5 Å². The molecule has 6 heteroatoms. The lowest BCUT2D eigenvalue weighted by Crippen LogP contribution is -2.51. The third kappa shape index (κ3) is 3.70. The van der Waals surface area contributed by atoms with Crippen LogP contribution in [0.4, 0.5) is 0 Å². The van der Waals surface area contributed by atoms with E-state index < -0.39 is 0 Å². The first-order valence-corrected chi connectivity index (χ1v) is 8.55. The van der Waals surface area contributed by atoms with Gasteiger partial charge in [0, 0.05) is 32.1 Å². The lowest BCUT2D eigenvalue weighted by Gasteiger charge is -2.38. The summed E-state index contributed by atoms with van der Waals surface area (Å²) < 4.78 is 7.56. The van der Waals surface area contributed by atoms with Crippen molar-refractivity contribution < 1.29 is 4.74 Å². The molecule has 0 unspecified atom stereocenters. The van der Waals surface area contributed by atoms with Gasteiger partial charge in [0.25, 0.3) is 0 Å². The smallest absolute Gasteiger partial charge is 0.191 e. The summed E-state index contributed by atoms with van der Waals surface area (Å²) in [6.45, 7) is 8.64. The minimum atomic E-state index is 0.241. The third-order valence-corrected chi connectivity index (χ3v) is 4.50. The largest absolute Gasteiger partial charge is 0.380 e. The van der Waals surface area contributed by atoms with Crippen molar-refractivity contribution in [3.05, 3.63) is 30.1 Å². The summed E-state index contributed by atoms with van der Waals surface area (Å²) in [7, 11) is 1.81. The van der Waals surface area contributed by atoms with Gasteiger partial charge >= 0.3 is 0 Å². The highest BCUT2D eigenvalue weighted by molar-refractivity contribution is 5.79. The third-order valence-electron chi connectivity index (χ3n) is 4.50. The zero-order valence-corrected chi connectivity index (χ0v) is 14.8. The second kappa shape index (κ2) is 7.21. The highest BCUT2D eigenvalue weighted by Crippen LogP contribution is 2.24. The van der Waals surface area contributed by atoms with E-state index >= 15 is 0 Å². The molecule has 1 aliphatic rings. The second-order valence-electron chi connectivity index (χ2n) is 6.81. The molecule has 2 heterocycles. The van der Waals surface area contributed by atoms with Crippen LogP contribution in [0.2, 0.25) is 0 Å². The Balaban J connectivity index is 1.46. The Morgan fingerprint density at radius 3 is 2.83 bits per heavy atom. The van der Waals surface area contributed by atoms with E-state index in [4.69, 9.17) is 4.74 Å². The highest BCUT2D eigenvalue weighted by atomic mass is 16.5. The molecule has 1 fully saturated rings. The molecule has 0 aliphatic carbocycles. The van der Waals surface area contributed by atoms with Crippen LogP contribution in [0.3, 0.4) is 0 Å². The Morgan fingerprint density at radius 2 is 2.12 bits per heavy atom. The van der Waals surface area contributed by atoms with Crippen molar-refractivity contribution in [2.45, 2.75) is 26.8 Å². The second-order valence-corrected chi connectivity index (χ2v) is 6.81. The minimum absolute atomic E-state index is 0.241. The number of ether oxygens (including phenoxy) is 1. The van der Waals surface area contributed by atoms with Crippen LogP contribution in [-0.4, -0.2) is 48.9 Å². The van der Waals surface area contributed by atoms with E-state index in [9.17, 15) is 0 Å². The number of hydrogen-bond acceptors (Lipinski definition) is 3. The molecular formula is C18H27N5O. The maximum absolute atomic E-state index is 5.28. The predicted octanol–water partition coefficient (Wildman–Crippen LogP) is 1.94. The van der Waals surface area contributed by atoms with E-state index in [1.807, 2.05) is 13.1 Å². The maximum Gasteiger partial charge on any atom is 0.191 e. The Morgan fingerprint density at radius 1 is 1.33 bits per heavy atom. The van der Waals surface area contributed by atoms with E-state index in [1.165, 1.54) is 5.52 Å². The topological polar surface area (TPSA) is 63.5 Å². The molecule has 2 N–H and O–H groups in total. The number of nitrogens with zero attached hydrogens (tertiary/aromatic N) is 3. The molecule has 1 saturated heterocycles. The van der Waals surface area contributed by atoms with E-state index in [0.717, 1.165) is 56.6 Å². The molecule has 0 spiro atoms. The molecule has 2 aromatic rings. The predicted molar refractivity (Wildman–Crippen MR) is 97.4 cm³/mol. The number of para-hydroxylation sites is 2. The van der Waals surface area contributed by atoms with Crippen LogP contribution in [0, 0.1) is 12.3 Å². The first kappa shape index (κ1) is 16.8. The zero-order valence-electron chi connectivity index (χ0n) is 14.8. The van der Waals surface area contributed by atoms with Gasteiger partial charge in [-0.15, -0.1) is 0 Å². The molecule has 0 bridgehead atoms. The molecule has 1 aliphatic heterocycles. The summed E-state index contributed by atoms with van der Waals surface area (Å²) in [5.41, 5.74) is 2.51. The minimum Gasteiger partial charge on any atom is -0.380 e. The molecular weight excluding hydrogens is 302 g/mol. The van der Waals surface area contributed by atoms with Gasteiger partial charge in [0.1, 0.15) is 5.82 Å². The van der Waals surface area contributed by atoms with E-state index in [-0.39, 0.29) is 5.41 Å². The standard InChI is InChI=1S/C18H27N5O/c1-14-22-15-7-4-5-8-16(15)23(14)10-6-9-20-17(19-3)21-11-18(2)12-24-13-18/h4-5,7-8H,6,9-13H2,1-3H3,(H2,19,20,21). The first-order valence-electron chi connectivity index (χ1n) is 8.55. The van der Waals surface area contributed by atoms with E-state index in [2.05, 4.69) is 57.2 Å². The van der Waals surface area contributed by atoms with Crippen LogP contribution in [0.25, 0.3) is 11.0 Å². The average molecular weight is 329 g/mol. The molecule has 6 nitrogen and oxygen atoms in total. The average Bonchev–Trinajstić information content (AvgIpc) is 2.88. The van der Waals surface area contributed by atoms with Gasteiger partial charge in [-0.2, -0.15) is 0 Å². The number of fused-ring (bicyclic) bond motifs is 1. The molecule has 0 amide bonds. The summed E-state index contributed by atoms with van der Waals surface area (Å²) in [6.07, 6.45) is 1.02. The fourth-order valence-electron chi connectivity index (χ4n) is 2.99. The van der Waals surface area contributed by atoms with Gasteiger partial charge < -0.3 is 19.9 Å². The number of nitrogens with one attached hydrogen (secondary N) is 2. The summed E-state index contributed by atoms with van der Waals surface area (Å²) in [4.78, 5) is 8.90. The summed E-state index contributed by atoms with van der Waals surface area (Å²) in [5, 5.41) is 6.77. The SMILES string of the molecule is CN=C(NCCCn1c(C)nc2ccccc21)NCC1(C)COC1. The van der Waals surface area contributed by atoms with Crippen molar-refractivity contribution in [3.8, 4) is 0 Å². The molecule has 0 atom stereocenters. The zero-order chi connectivity index (χ0) is 17.0. The summed E-state index contributed by atoms with van der Waals surface area (Å²) >= 11 is 0. The quantitative estimate of drug-likeness (QED) is 0.483. The van der Waals surface area contributed by atoms with Crippen LogP contribution in [0.1, 0.15) is 19.2 Å². The summed E-state index contributed by atoms with van der Waals surface area (Å²) in [5.74, 6) is 1.92. The Kier molecular flexibility index (Phi) is 5.04. The molecule has 0 saturated carbocycles. The van der Waals surface area contributed by atoms with E-state index in [1.54, 1.807) is 0 Å². The first-order chi connectivity index (χ1) is 11.6. The van der Waals surface area contributed by atoms with Crippen LogP contribution in [0.5, 0.6) is 0 Å². The van der Waals surface area contributed by atoms with Crippen molar-refractivity contribution >= 4 is 17.0 Å². The van der Waals surface area contributed by atoms with Crippen LogP contribution < -0.4 is 10.6 Å². The van der Waals surface area contributed by atoms with Crippen molar-refractivity contribution in [1.82, 2.24) is 20.2 Å². The maximum atomic E-state index is 5.28. The monoisotopic (exact) mass is 329 g/mol. The van der Waals surface area contributed by atoms with Crippen LogP contribution in [0.15, 0.2) is 29.3 Å². The Bertz CT molecular complexity index is 717. The Hall–Kier alpha value is -2.08. The number of hydrogen-bond donors (Lipinski definition) is 2. The van der Waals surface area contributed by atoms with Crippen molar-refractivity contribution in [1.29, 1.82) is 0 Å². The van der Waals surface area contributed by atoms with Crippen molar-refractivity contribution in [3.63, 3.8) is 0 Å². The van der Waals surface area contributed by atoms with Gasteiger partial charge in [0.15, 0.2) is 5.96 Å². The van der Waals surface area contributed by atoms with Gasteiger partial charge in [-0.1, -0.05) is 19.1 Å². The van der Waals surface area contributed by atoms with Gasteiger partial charge in [-0.25, -0.2) is 4.98 Å². The van der Waals surface area contributed by atoms with Crippen LogP contribution >= 0.6 is 0 Å². The Labute approximate surface area is 143 Å². The van der Waals surface area contributed by atoms with Gasteiger partial charge in [-0.3, -0.25) is 4.99 Å². The number of aliphatic imine (C=N–C) groups is 1. The number of guanidine groups is 1. The number of imidazole rings is 1. The molecule has 1 aromatic heterocycles. The van der Waals surface area contributed by atoms with Crippen LogP contribution in [-0.2, 0) is 11.3 Å². The lowest BCUT2D eigenvalue weighted by atomic mass is 9.89. The molecule has 24 heavy (non-hydrogen) atoms. The normalized spacial score (nSPS) is 16.9. The highest BCUT2D eigenvalue weighted by Gasteiger charge is 2.33. The van der Waals surface area contributed by atoms with Crippen molar-refractivity contribution in [2.24, 2.45) is 10.4 Å². The fraction of sp³-hybridized carbons (Fsp3) is 0.556. The number of benzene rings is 1. The summed E-state index contributed by atoms with van der Waals surface area (Å²) in [6, 6.07) is 8.29. The molecule has 0 radical (unpaired) electrons. The van der Waals surface area contributed by atoms with Gasteiger partial charge in [0.2, 0.25) is 0 Å². The fourth-order valence-corrected chi connectivity index (χ4v) is 2.99. The number of rotatable bonds is 6. The number of aromatic nitrogens is 2.